The van der Waals surface area contributed by atoms with Crippen molar-refractivity contribution >= 4 is 38.7 Å². The summed E-state index contributed by atoms with van der Waals surface area (Å²) < 4.78 is 40.1. The molecule has 0 saturated carbocycles. The maximum absolute atomic E-state index is 13.1. The average molecular weight is 390 g/mol. The van der Waals surface area contributed by atoms with Gasteiger partial charge in [0.2, 0.25) is 5.91 Å². The first-order valence-corrected chi connectivity index (χ1v) is 7.83. The van der Waals surface area contributed by atoms with Crippen LogP contribution in [0.1, 0.15) is 10.4 Å². The fourth-order valence-electron chi connectivity index (χ4n) is 1.75. The first kappa shape index (κ1) is 16.8. The summed E-state index contributed by atoms with van der Waals surface area (Å²) in [6.45, 7) is 0.186. The highest BCUT2D eigenvalue weighted by Crippen LogP contribution is 2.33. The Hall–Kier alpha value is -1.60. The monoisotopic (exact) mass is 389 g/mol. The zero-order valence-electron chi connectivity index (χ0n) is 11.2. The summed E-state index contributed by atoms with van der Waals surface area (Å²) in [7, 11) is 0. The highest BCUT2D eigenvalue weighted by atomic mass is 79.9. The van der Waals surface area contributed by atoms with Gasteiger partial charge in [0.15, 0.2) is 0 Å². The topological polar surface area (TPSA) is 29.1 Å². The van der Waals surface area contributed by atoms with Gasteiger partial charge in [-0.3, -0.25) is 4.79 Å². The number of carbonyl (C=O) groups is 1. The van der Waals surface area contributed by atoms with Gasteiger partial charge in [-0.05, 0) is 33.6 Å². The Morgan fingerprint density at radius 3 is 2.41 bits per heavy atom. The van der Waals surface area contributed by atoms with E-state index in [1.54, 1.807) is 12.1 Å². The summed E-state index contributed by atoms with van der Waals surface area (Å²) in [6.07, 6.45) is -4.00. The Morgan fingerprint density at radius 1 is 1.18 bits per heavy atom. The van der Waals surface area contributed by atoms with Gasteiger partial charge in [-0.25, -0.2) is 0 Å². The van der Waals surface area contributed by atoms with Crippen LogP contribution in [0.2, 0.25) is 0 Å². The van der Waals surface area contributed by atoms with Crippen molar-refractivity contribution in [3.8, 4) is 0 Å². The van der Waals surface area contributed by atoms with E-state index in [1.165, 1.54) is 35.6 Å². The molecule has 1 heterocycles. The molecule has 0 unspecified atom stereocenters. The predicted octanol–water partition coefficient (Wildman–Crippen LogP) is 4.77. The lowest BCUT2D eigenvalue weighted by atomic mass is 10.1. The molecule has 22 heavy (non-hydrogen) atoms. The highest BCUT2D eigenvalue weighted by molar-refractivity contribution is 9.11. The number of rotatable bonds is 4. The Balaban J connectivity index is 2.13. The average Bonchev–Trinajstić information content (AvgIpc) is 2.88. The molecule has 0 fully saturated rings. The summed E-state index contributed by atoms with van der Waals surface area (Å²) in [5.74, 6) is -0.777. The summed E-state index contributed by atoms with van der Waals surface area (Å²) in [6, 6.07) is 10.9. The second-order valence-electron chi connectivity index (χ2n) is 4.35. The normalized spacial score (nSPS) is 12.3. The van der Waals surface area contributed by atoms with Gasteiger partial charge in [0.25, 0.3) is 0 Å². The molecule has 2 aromatic rings. The Kier molecular flexibility index (Phi) is 5.42. The molecule has 116 valence electrons. The molecule has 0 aliphatic rings. The third-order valence-corrected chi connectivity index (χ3v) is 4.35. The van der Waals surface area contributed by atoms with Crippen molar-refractivity contribution in [1.82, 2.24) is 5.32 Å². The lowest BCUT2D eigenvalue weighted by Crippen LogP contribution is -2.22. The van der Waals surface area contributed by atoms with Gasteiger partial charge < -0.3 is 5.32 Å². The van der Waals surface area contributed by atoms with Crippen LogP contribution >= 0.6 is 27.3 Å². The number of amides is 1. The zero-order valence-corrected chi connectivity index (χ0v) is 13.6. The molecule has 0 aliphatic carbocycles. The fourth-order valence-corrected chi connectivity index (χ4v) is 3.17. The summed E-state index contributed by atoms with van der Waals surface area (Å²) in [4.78, 5) is 12.6. The lowest BCUT2D eigenvalue weighted by Gasteiger charge is -2.12. The van der Waals surface area contributed by atoms with Crippen LogP contribution in [0.3, 0.4) is 0 Å². The van der Waals surface area contributed by atoms with Crippen molar-refractivity contribution in [1.29, 1.82) is 0 Å². The highest BCUT2D eigenvalue weighted by Gasteiger charge is 2.35. The molecule has 1 aromatic carbocycles. The van der Waals surface area contributed by atoms with Crippen LogP contribution in [0.15, 0.2) is 52.3 Å². The molecule has 2 nitrogen and oxygen atoms in total. The van der Waals surface area contributed by atoms with Crippen molar-refractivity contribution in [3.05, 3.63) is 62.8 Å². The number of thiophene rings is 1. The summed E-state index contributed by atoms with van der Waals surface area (Å²) in [5, 5.41) is 2.46. The van der Waals surface area contributed by atoms with Crippen molar-refractivity contribution in [2.75, 3.05) is 0 Å². The van der Waals surface area contributed by atoms with E-state index in [2.05, 4.69) is 21.2 Å². The van der Waals surface area contributed by atoms with Crippen molar-refractivity contribution in [2.24, 2.45) is 0 Å². The van der Waals surface area contributed by atoms with Crippen LogP contribution in [0, 0.1) is 0 Å². The number of carbonyl (C=O) groups excluding carboxylic acids is 1. The van der Waals surface area contributed by atoms with Gasteiger partial charge >= 0.3 is 6.18 Å². The number of hydrogen-bond acceptors (Lipinski definition) is 2. The molecular formula is C15H11BrF3NOS. The second kappa shape index (κ2) is 7.11. The number of alkyl halides is 3. The second-order valence-corrected chi connectivity index (χ2v) is 6.89. The van der Waals surface area contributed by atoms with E-state index in [0.29, 0.717) is 6.08 Å². The molecule has 0 atom stereocenters. The molecule has 0 spiro atoms. The van der Waals surface area contributed by atoms with Crippen LogP contribution in [0.25, 0.3) is 5.57 Å². The van der Waals surface area contributed by atoms with Crippen LogP contribution < -0.4 is 5.32 Å². The van der Waals surface area contributed by atoms with Gasteiger partial charge in [0, 0.05) is 11.0 Å². The molecule has 0 aliphatic heterocycles. The van der Waals surface area contributed by atoms with Crippen LogP contribution in [0.5, 0.6) is 0 Å². The number of halogens is 4. The summed E-state index contributed by atoms with van der Waals surface area (Å²) >= 11 is 4.69. The van der Waals surface area contributed by atoms with Gasteiger partial charge in [-0.2, -0.15) is 13.2 Å². The third kappa shape index (κ3) is 4.71. The standard InChI is InChI=1S/C15H11BrF3NOS/c16-13-7-6-11(22-13)9-20-14(21)8-12(15(17,18)19)10-4-2-1-3-5-10/h1-8H,9H2,(H,20,21)/b12-8+. The lowest BCUT2D eigenvalue weighted by molar-refractivity contribution is -0.117. The molecule has 7 heteroatoms. The predicted molar refractivity (Wildman–Crippen MR) is 84.3 cm³/mol. The molecule has 0 radical (unpaired) electrons. The SMILES string of the molecule is O=C(/C=C(\c1ccccc1)C(F)(F)F)NCc1ccc(Br)s1. The Labute approximate surface area is 137 Å². The molecule has 0 bridgehead atoms. The smallest absolute Gasteiger partial charge is 0.348 e. The minimum Gasteiger partial charge on any atom is -0.348 e. The minimum absolute atomic E-state index is 0.0379. The number of nitrogens with one attached hydrogen (secondary N) is 1. The van der Waals surface area contributed by atoms with E-state index >= 15 is 0 Å². The molecular weight excluding hydrogens is 379 g/mol. The number of hydrogen-bond donors (Lipinski definition) is 1. The van der Waals surface area contributed by atoms with E-state index in [1.807, 2.05) is 6.07 Å². The molecule has 2 rings (SSSR count). The largest absolute Gasteiger partial charge is 0.417 e. The maximum atomic E-state index is 13.1. The van der Waals surface area contributed by atoms with E-state index in [4.69, 9.17) is 0 Å². The summed E-state index contributed by atoms with van der Waals surface area (Å²) in [5.41, 5.74) is -0.998. The van der Waals surface area contributed by atoms with Crippen LogP contribution in [-0.2, 0) is 11.3 Å². The van der Waals surface area contributed by atoms with Crippen LogP contribution in [-0.4, -0.2) is 12.1 Å². The molecule has 1 amide bonds. The first-order chi connectivity index (χ1) is 10.4. The minimum atomic E-state index is -4.59. The van der Waals surface area contributed by atoms with Gasteiger partial charge in [0.1, 0.15) is 0 Å². The molecule has 0 saturated heterocycles. The molecule has 1 aromatic heterocycles. The zero-order chi connectivity index (χ0) is 16.2. The van der Waals surface area contributed by atoms with Crippen LogP contribution in [0.4, 0.5) is 13.2 Å². The Morgan fingerprint density at radius 2 is 1.86 bits per heavy atom. The van der Waals surface area contributed by atoms with Crippen molar-refractivity contribution in [2.45, 2.75) is 12.7 Å². The van der Waals surface area contributed by atoms with Crippen molar-refractivity contribution in [3.63, 3.8) is 0 Å². The van der Waals surface area contributed by atoms with E-state index in [9.17, 15) is 18.0 Å². The Bertz CT molecular complexity index is 680. The van der Waals surface area contributed by atoms with Gasteiger partial charge in [-0.15, -0.1) is 11.3 Å². The van der Waals surface area contributed by atoms with E-state index in [0.717, 1.165) is 8.66 Å². The quantitative estimate of drug-likeness (QED) is 0.749. The fraction of sp³-hybridized carbons (Fsp3) is 0.133. The number of allylic oxidation sites excluding steroid dienone is 1. The van der Waals surface area contributed by atoms with Gasteiger partial charge in [-0.1, -0.05) is 30.3 Å². The van der Waals surface area contributed by atoms with Gasteiger partial charge in [0.05, 0.1) is 15.9 Å². The van der Waals surface area contributed by atoms with E-state index in [-0.39, 0.29) is 12.1 Å². The van der Waals surface area contributed by atoms with E-state index < -0.39 is 17.7 Å². The maximum Gasteiger partial charge on any atom is 0.417 e. The molecule has 1 N–H and O–H groups in total. The van der Waals surface area contributed by atoms with Crippen molar-refractivity contribution < 1.29 is 18.0 Å². The first-order valence-electron chi connectivity index (χ1n) is 6.22. The third-order valence-electron chi connectivity index (χ3n) is 2.73. The number of benzene rings is 1.